The van der Waals surface area contributed by atoms with Gasteiger partial charge in [-0.1, -0.05) is 29.8 Å². The maximum atomic E-state index is 12.2. The molecule has 1 heterocycles. The second-order valence-corrected chi connectivity index (χ2v) is 9.69. The number of thiophene rings is 1. The van der Waals surface area contributed by atoms with Gasteiger partial charge in [-0.2, -0.15) is 0 Å². The molecule has 0 aliphatic carbocycles. The summed E-state index contributed by atoms with van der Waals surface area (Å²) in [5.74, 6) is 0.247. The highest BCUT2D eigenvalue weighted by Crippen LogP contribution is 2.18. The molecular weight excluding hydrogens is 406 g/mol. The van der Waals surface area contributed by atoms with Crippen LogP contribution in [0.4, 0.5) is 0 Å². The van der Waals surface area contributed by atoms with Gasteiger partial charge in [0.25, 0.3) is 0 Å². The zero-order chi connectivity index (χ0) is 19.9. The maximum absolute atomic E-state index is 12.2. The Morgan fingerprint density at radius 1 is 1.33 bits per heavy atom. The highest BCUT2D eigenvalue weighted by molar-refractivity contribution is 7.93. The van der Waals surface area contributed by atoms with E-state index in [1.54, 1.807) is 17.5 Å². The Balaban J connectivity index is 2.00. The van der Waals surface area contributed by atoms with Crippen molar-refractivity contribution in [1.82, 2.24) is 10.2 Å². The molecule has 27 heavy (non-hydrogen) atoms. The lowest BCUT2D eigenvalue weighted by molar-refractivity contribution is 0.205. The van der Waals surface area contributed by atoms with Gasteiger partial charge in [0.15, 0.2) is 15.8 Å². The first kappa shape index (κ1) is 21.7. The van der Waals surface area contributed by atoms with Crippen molar-refractivity contribution in [3.63, 3.8) is 0 Å². The Morgan fingerprint density at radius 3 is 2.63 bits per heavy atom. The second kappa shape index (κ2) is 10.1. The van der Waals surface area contributed by atoms with Gasteiger partial charge in [-0.05, 0) is 36.1 Å². The fourth-order valence-corrected chi connectivity index (χ4v) is 5.02. The van der Waals surface area contributed by atoms with Crippen molar-refractivity contribution < 1.29 is 13.5 Å². The molecule has 1 unspecified atom stereocenters. The normalized spacial score (nSPS) is 13.4. The maximum Gasteiger partial charge on any atom is 0.194 e. The van der Waals surface area contributed by atoms with E-state index in [2.05, 4.69) is 10.3 Å². The highest BCUT2D eigenvalue weighted by Gasteiger charge is 2.21. The summed E-state index contributed by atoms with van der Waals surface area (Å²) < 4.78 is 24.7. The van der Waals surface area contributed by atoms with Gasteiger partial charge in [-0.3, -0.25) is 4.99 Å². The minimum atomic E-state index is -3.50. The minimum absolute atomic E-state index is 0.00209. The number of hydrogen-bond donors (Lipinski definition) is 2. The van der Waals surface area contributed by atoms with E-state index in [4.69, 9.17) is 11.6 Å². The average Bonchev–Trinajstić information content (AvgIpc) is 3.16. The molecular formula is C18H24ClN3O3S2. The molecule has 0 aliphatic rings. The SMILES string of the molecule is CCNC(=NCC(O)CS(=O)(=O)c1cccs1)N(C)Cc1ccc(Cl)cc1. The van der Waals surface area contributed by atoms with E-state index in [1.807, 2.05) is 43.1 Å². The van der Waals surface area contributed by atoms with Crippen LogP contribution in [0.2, 0.25) is 5.02 Å². The van der Waals surface area contributed by atoms with Crippen molar-refractivity contribution >= 4 is 38.7 Å². The molecule has 1 aromatic carbocycles. The zero-order valence-corrected chi connectivity index (χ0v) is 17.7. The van der Waals surface area contributed by atoms with Crippen LogP contribution in [0.15, 0.2) is 51.0 Å². The molecule has 0 bridgehead atoms. The van der Waals surface area contributed by atoms with Crippen molar-refractivity contribution in [1.29, 1.82) is 0 Å². The first-order valence-corrected chi connectivity index (χ1v) is 11.4. The number of aliphatic imine (C=N–C) groups is 1. The Hall–Kier alpha value is -1.61. The summed E-state index contributed by atoms with van der Waals surface area (Å²) in [5.41, 5.74) is 1.06. The number of nitrogens with one attached hydrogen (secondary N) is 1. The Bertz CT molecular complexity index is 837. The summed E-state index contributed by atoms with van der Waals surface area (Å²) in [4.78, 5) is 6.30. The quantitative estimate of drug-likeness (QED) is 0.498. The number of aliphatic hydroxyl groups excluding tert-OH is 1. The van der Waals surface area contributed by atoms with E-state index in [0.717, 1.165) is 16.9 Å². The Morgan fingerprint density at radius 2 is 2.04 bits per heavy atom. The number of sulfone groups is 1. The molecule has 0 aliphatic heterocycles. The van der Waals surface area contributed by atoms with E-state index in [-0.39, 0.29) is 16.5 Å². The molecule has 0 saturated heterocycles. The number of aliphatic hydroxyl groups is 1. The van der Waals surface area contributed by atoms with Crippen molar-refractivity contribution in [2.45, 2.75) is 23.8 Å². The van der Waals surface area contributed by atoms with Crippen LogP contribution in [0.1, 0.15) is 12.5 Å². The summed E-state index contributed by atoms with van der Waals surface area (Å²) >= 11 is 7.06. The molecule has 148 valence electrons. The van der Waals surface area contributed by atoms with Gasteiger partial charge in [0, 0.05) is 25.2 Å². The van der Waals surface area contributed by atoms with E-state index >= 15 is 0 Å². The first-order valence-electron chi connectivity index (χ1n) is 8.50. The van der Waals surface area contributed by atoms with E-state index in [1.165, 1.54) is 0 Å². The van der Waals surface area contributed by atoms with Crippen LogP contribution < -0.4 is 5.32 Å². The number of rotatable bonds is 8. The molecule has 9 heteroatoms. The van der Waals surface area contributed by atoms with E-state index in [9.17, 15) is 13.5 Å². The third-order valence-corrected chi connectivity index (χ3v) is 7.23. The summed E-state index contributed by atoms with van der Waals surface area (Å²) in [6, 6.07) is 10.7. The van der Waals surface area contributed by atoms with Crippen molar-refractivity contribution in [2.75, 3.05) is 25.9 Å². The van der Waals surface area contributed by atoms with Crippen LogP contribution in [0, 0.1) is 0 Å². The van der Waals surface area contributed by atoms with Gasteiger partial charge in [0.2, 0.25) is 0 Å². The number of guanidine groups is 1. The third kappa shape index (κ3) is 6.80. The second-order valence-electron chi connectivity index (χ2n) is 6.04. The van der Waals surface area contributed by atoms with Gasteiger partial charge in [-0.15, -0.1) is 11.3 Å². The summed E-state index contributed by atoms with van der Waals surface area (Å²) in [7, 11) is -1.62. The molecule has 0 spiro atoms. The van der Waals surface area contributed by atoms with Crippen LogP contribution >= 0.6 is 22.9 Å². The monoisotopic (exact) mass is 429 g/mol. The van der Waals surface area contributed by atoms with Crippen LogP contribution in [0.3, 0.4) is 0 Å². The van der Waals surface area contributed by atoms with Gasteiger partial charge < -0.3 is 15.3 Å². The van der Waals surface area contributed by atoms with Gasteiger partial charge >= 0.3 is 0 Å². The lowest BCUT2D eigenvalue weighted by Crippen LogP contribution is -2.39. The average molecular weight is 430 g/mol. The number of hydrogen-bond acceptors (Lipinski definition) is 5. The van der Waals surface area contributed by atoms with E-state index < -0.39 is 15.9 Å². The predicted octanol–water partition coefficient (Wildman–Crippen LogP) is 2.63. The molecule has 2 N–H and O–H groups in total. The summed E-state index contributed by atoms with van der Waals surface area (Å²) in [6.07, 6.45) is -1.07. The fraction of sp³-hybridized carbons (Fsp3) is 0.389. The zero-order valence-electron chi connectivity index (χ0n) is 15.3. The standard InChI is InChI=1S/C18H24ClN3O3S2/c1-3-20-18(22(2)12-14-6-8-15(19)9-7-14)21-11-16(23)13-27(24,25)17-5-4-10-26-17/h4-10,16,23H,3,11-13H2,1-2H3,(H,20,21). The largest absolute Gasteiger partial charge is 0.390 e. The third-order valence-electron chi connectivity index (χ3n) is 3.69. The number of nitrogens with zero attached hydrogens (tertiary/aromatic N) is 2. The van der Waals surface area contributed by atoms with Crippen molar-refractivity contribution in [3.8, 4) is 0 Å². The molecule has 6 nitrogen and oxygen atoms in total. The lowest BCUT2D eigenvalue weighted by atomic mass is 10.2. The van der Waals surface area contributed by atoms with Crippen molar-refractivity contribution in [3.05, 3.63) is 52.4 Å². The van der Waals surface area contributed by atoms with Gasteiger partial charge in [-0.25, -0.2) is 8.42 Å². The van der Waals surface area contributed by atoms with Crippen LogP contribution in [0.25, 0.3) is 0 Å². The lowest BCUT2D eigenvalue weighted by Gasteiger charge is -2.22. The van der Waals surface area contributed by atoms with Gasteiger partial charge in [0.1, 0.15) is 4.21 Å². The number of halogens is 1. The molecule has 2 aromatic rings. The van der Waals surface area contributed by atoms with Crippen LogP contribution in [0.5, 0.6) is 0 Å². The van der Waals surface area contributed by atoms with Crippen molar-refractivity contribution in [2.24, 2.45) is 4.99 Å². The smallest absolute Gasteiger partial charge is 0.194 e. The predicted molar refractivity (Wildman–Crippen MR) is 111 cm³/mol. The topological polar surface area (TPSA) is 82.0 Å². The molecule has 2 rings (SSSR count). The van der Waals surface area contributed by atoms with E-state index in [0.29, 0.717) is 24.1 Å². The number of benzene rings is 1. The van der Waals surface area contributed by atoms with Gasteiger partial charge in [0.05, 0.1) is 18.4 Å². The molecule has 0 radical (unpaired) electrons. The first-order chi connectivity index (χ1) is 12.8. The summed E-state index contributed by atoms with van der Waals surface area (Å²) in [5, 5.41) is 15.7. The molecule has 1 atom stereocenters. The molecule has 0 amide bonds. The fourth-order valence-electron chi connectivity index (χ4n) is 2.43. The molecule has 0 fully saturated rings. The Labute approximate surface area is 169 Å². The highest BCUT2D eigenvalue weighted by atomic mass is 35.5. The summed E-state index contributed by atoms with van der Waals surface area (Å²) in [6.45, 7) is 3.21. The minimum Gasteiger partial charge on any atom is -0.390 e. The van der Waals surface area contributed by atoms with Crippen LogP contribution in [-0.4, -0.2) is 56.4 Å². The Kier molecular flexibility index (Phi) is 8.09. The molecule has 1 aromatic heterocycles. The van der Waals surface area contributed by atoms with Crippen LogP contribution in [-0.2, 0) is 16.4 Å². The molecule has 0 saturated carbocycles.